The van der Waals surface area contributed by atoms with Crippen molar-refractivity contribution in [2.24, 2.45) is 4.99 Å². The van der Waals surface area contributed by atoms with E-state index in [2.05, 4.69) is 44.3 Å². The minimum atomic E-state index is 0. The van der Waals surface area contributed by atoms with Crippen molar-refractivity contribution in [1.82, 2.24) is 20.3 Å². The molecule has 0 saturated carbocycles. The van der Waals surface area contributed by atoms with Gasteiger partial charge in [0.15, 0.2) is 5.96 Å². The van der Waals surface area contributed by atoms with Gasteiger partial charge in [-0.25, -0.2) is 0 Å². The molecular weight excluding hydrogens is 437 g/mol. The Balaban J connectivity index is 0.00000208. The number of piperazine rings is 1. The van der Waals surface area contributed by atoms with Gasteiger partial charge >= 0.3 is 0 Å². The average molecular weight is 461 g/mol. The highest BCUT2D eigenvalue weighted by atomic mass is 127. The molecule has 8 heteroatoms. The summed E-state index contributed by atoms with van der Waals surface area (Å²) in [6, 6.07) is 6.26. The standard InChI is InChI=1S/C16H23N5OS.HI/c1-13-3-4-15(23-13)11-18-16(17-2)21-8-6-20(7-9-21)12-14-5-10-22-19-14;/h3-5,10H,6-9,11-12H2,1-2H3,(H,17,18);1H. The van der Waals surface area contributed by atoms with E-state index in [1.165, 1.54) is 9.75 Å². The SMILES string of the molecule is CN=C(NCc1ccc(C)s1)N1CCN(Cc2ccon2)CC1.I. The van der Waals surface area contributed by atoms with Gasteiger partial charge in [0.25, 0.3) is 0 Å². The number of thiophene rings is 1. The van der Waals surface area contributed by atoms with Gasteiger partial charge < -0.3 is 14.7 Å². The topological polar surface area (TPSA) is 56.9 Å². The number of aliphatic imine (C=N–C) groups is 1. The molecule has 1 saturated heterocycles. The fourth-order valence-electron chi connectivity index (χ4n) is 2.74. The van der Waals surface area contributed by atoms with Crippen LogP contribution in [-0.4, -0.2) is 54.1 Å². The van der Waals surface area contributed by atoms with Crippen LogP contribution in [0.25, 0.3) is 0 Å². The predicted octanol–water partition coefficient (Wildman–Crippen LogP) is 2.56. The second-order valence-electron chi connectivity index (χ2n) is 5.67. The fraction of sp³-hybridized carbons (Fsp3) is 0.500. The zero-order valence-corrected chi connectivity index (χ0v) is 17.2. The Kier molecular flexibility index (Phi) is 7.50. The molecule has 1 aliphatic rings. The van der Waals surface area contributed by atoms with Gasteiger partial charge in [-0.15, -0.1) is 35.3 Å². The van der Waals surface area contributed by atoms with Crippen LogP contribution in [0, 0.1) is 6.92 Å². The van der Waals surface area contributed by atoms with Gasteiger partial charge in [-0.05, 0) is 19.1 Å². The summed E-state index contributed by atoms with van der Waals surface area (Å²) in [5.41, 5.74) is 0.994. The third-order valence-electron chi connectivity index (χ3n) is 3.98. The molecule has 0 radical (unpaired) electrons. The fourth-order valence-corrected chi connectivity index (χ4v) is 3.57. The largest absolute Gasteiger partial charge is 0.364 e. The molecule has 1 fully saturated rings. The smallest absolute Gasteiger partial charge is 0.194 e. The van der Waals surface area contributed by atoms with Crippen molar-refractivity contribution >= 4 is 41.3 Å². The van der Waals surface area contributed by atoms with Gasteiger partial charge in [0, 0.05) is 55.6 Å². The van der Waals surface area contributed by atoms with Gasteiger partial charge in [0.1, 0.15) is 6.26 Å². The molecule has 24 heavy (non-hydrogen) atoms. The summed E-state index contributed by atoms with van der Waals surface area (Å²) in [4.78, 5) is 11.8. The zero-order valence-electron chi connectivity index (χ0n) is 14.1. The third-order valence-corrected chi connectivity index (χ3v) is 4.98. The Labute approximate surface area is 163 Å². The molecule has 2 aromatic rings. The second kappa shape index (κ2) is 9.38. The van der Waals surface area contributed by atoms with Crippen LogP contribution in [0.15, 0.2) is 34.0 Å². The van der Waals surface area contributed by atoms with Crippen LogP contribution in [0.1, 0.15) is 15.4 Å². The van der Waals surface area contributed by atoms with Crippen LogP contribution in [0.2, 0.25) is 0 Å². The normalized spacial score (nSPS) is 16.1. The molecule has 0 amide bonds. The van der Waals surface area contributed by atoms with E-state index in [4.69, 9.17) is 4.52 Å². The minimum absolute atomic E-state index is 0. The van der Waals surface area contributed by atoms with Crippen molar-refractivity contribution < 1.29 is 4.52 Å². The number of aryl methyl sites for hydroxylation is 1. The van der Waals surface area contributed by atoms with Crippen molar-refractivity contribution in [3.05, 3.63) is 39.9 Å². The maximum atomic E-state index is 4.89. The van der Waals surface area contributed by atoms with Gasteiger partial charge in [-0.1, -0.05) is 5.16 Å². The molecule has 0 unspecified atom stereocenters. The first kappa shape index (κ1) is 19.2. The van der Waals surface area contributed by atoms with Crippen molar-refractivity contribution in [2.75, 3.05) is 33.2 Å². The Morgan fingerprint density at radius 2 is 2.08 bits per heavy atom. The molecule has 132 valence electrons. The number of guanidine groups is 1. The molecule has 0 aromatic carbocycles. The van der Waals surface area contributed by atoms with Gasteiger partial charge in [-0.2, -0.15) is 0 Å². The lowest BCUT2D eigenvalue weighted by molar-refractivity contribution is 0.169. The average Bonchev–Trinajstić information content (AvgIpc) is 3.21. The van der Waals surface area contributed by atoms with Crippen LogP contribution < -0.4 is 5.32 Å². The van der Waals surface area contributed by atoms with Crippen molar-refractivity contribution in [3.8, 4) is 0 Å². The number of hydrogen-bond donors (Lipinski definition) is 1. The van der Waals surface area contributed by atoms with E-state index in [9.17, 15) is 0 Å². The van der Waals surface area contributed by atoms with E-state index >= 15 is 0 Å². The number of aromatic nitrogens is 1. The molecule has 1 aliphatic heterocycles. The molecular formula is C16H24IN5OS. The van der Waals surface area contributed by atoms with Crippen LogP contribution in [0.3, 0.4) is 0 Å². The van der Waals surface area contributed by atoms with E-state index in [-0.39, 0.29) is 24.0 Å². The van der Waals surface area contributed by atoms with Gasteiger partial charge in [-0.3, -0.25) is 9.89 Å². The summed E-state index contributed by atoms with van der Waals surface area (Å²) in [7, 11) is 1.85. The summed E-state index contributed by atoms with van der Waals surface area (Å²) in [6.07, 6.45) is 1.63. The highest BCUT2D eigenvalue weighted by molar-refractivity contribution is 14.0. The van der Waals surface area contributed by atoms with E-state index in [1.54, 1.807) is 6.26 Å². The van der Waals surface area contributed by atoms with E-state index in [1.807, 2.05) is 24.5 Å². The van der Waals surface area contributed by atoms with Crippen molar-refractivity contribution in [1.29, 1.82) is 0 Å². The maximum Gasteiger partial charge on any atom is 0.194 e. The monoisotopic (exact) mass is 461 g/mol. The summed E-state index contributed by atoms with van der Waals surface area (Å²) in [5, 5.41) is 7.45. The Morgan fingerprint density at radius 1 is 1.29 bits per heavy atom. The van der Waals surface area contributed by atoms with Crippen LogP contribution >= 0.6 is 35.3 Å². The molecule has 1 N–H and O–H groups in total. The van der Waals surface area contributed by atoms with Crippen LogP contribution in [-0.2, 0) is 13.1 Å². The lowest BCUT2D eigenvalue weighted by atomic mass is 10.3. The molecule has 0 aliphatic carbocycles. The highest BCUT2D eigenvalue weighted by Gasteiger charge is 2.20. The third kappa shape index (κ3) is 5.18. The molecule has 3 rings (SSSR count). The minimum Gasteiger partial charge on any atom is -0.364 e. The Bertz CT molecular complexity index is 635. The number of nitrogens with one attached hydrogen (secondary N) is 1. The molecule has 0 spiro atoms. The Morgan fingerprint density at radius 3 is 2.67 bits per heavy atom. The van der Waals surface area contributed by atoms with Crippen molar-refractivity contribution in [2.45, 2.75) is 20.0 Å². The molecule has 6 nitrogen and oxygen atoms in total. The first-order valence-electron chi connectivity index (χ1n) is 7.87. The molecule has 0 bridgehead atoms. The van der Waals surface area contributed by atoms with E-state index in [0.717, 1.165) is 50.9 Å². The van der Waals surface area contributed by atoms with Gasteiger partial charge in [0.05, 0.1) is 12.2 Å². The second-order valence-corrected chi connectivity index (χ2v) is 7.04. The number of halogens is 1. The molecule has 2 aromatic heterocycles. The van der Waals surface area contributed by atoms with E-state index < -0.39 is 0 Å². The van der Waals surface area contributed by atoms with E-state index in [0.29, 0.717) is 0 Å². The van der Waals surface area contributed by atoms with Crippen molar-refractivity contribution in [3.63, 3.8) is 0 Å². The van der Waals surface area contributed by atoms with Gasteiger partial charge in [0.2, 0.25) is 0 Å². The predicted molar refractivity (Wildman–Crippen MR) is 108 cm³/mol. The maximum absolute atomic E-state index is 4.89. The molecule has 0 atom stereocenters. The quantitative estimate of drug-likeness (QED) is 0.431. The summed E-state index contributed by atoms with van der Waals surface area (Å²) < 4.78 is 4.89. The van der Waals surface area contributed by atoms with Crippen LogP contribution in [0.4, 0.5) is 0 Å². The summed E-state index contributed by atoms with van der Waals surface area (Å²) in [6.45, 7) is 7.78. The number of rotatable bonds is 4. The first-order chi connectivity index (χ1) is 11.2. The molecule has 3 heterocycles. The lowest BCUT2D eigenvalue weighted by Crippen LogP contribution is -2.52. The number of nitrogens with zero attached hydrogens (tertiary/aromatic N) is 4. The summed E-state index contributed by atoms with van der Waals surface area (Å²) >= 11 is 1.83. The zero-order chi connectivity index (χ0) is 16.1. The highest BCUT2D eigenvalue weighted by Crippen LogP contribution is 2.14. The summed E-state index contributed by atoms with van der Waals surface area (Å²) in [5.74, 6) is 0.983. The van der Waals surface area contributed by atoms with Crippen LogP contribution in [0.5, 0.6) is 0 Å². The number of hydrogen-bond acceptors (Lipinski definition) is 5. The first-order valence-corrected chi connectivity index (χ1v) is 8.69. The lowest BCUT2D eigenvalue weighted by Gasteiger charge is -2.36. The Hall–Kier alpha value is -1.13.